The van der Waals surface area contributed by atoms with Gasteiger partial charge in [-0.25, -0.2) is 0 Å². The standard InChI is InChI=1S/C18H17ClN2O3/c1-12(22)20-16-8-7-15(24-2)11-17(16)21-18(23)9-6-13-4-3-5-14(19)10-13/h3-11H,1-2H3,(H,20,22)(H,21,23)/b9-6+. The van der Waals surface area contributed by atoms with Gasteiger partial charge in [0.05, 0.1) is 18.5 Å². The zero-order chi connectivity index (χ0) is 17.5. The third-order valence-electron chi connectivity index (χ3n) is 3.07. The van der Waals surface area contributed by atoms with Gasteiger partial charge in [-0.1, -0.05) is 23.7 Å². The Hall–Kier alpha value is -2.79. The first kappa shape index (κ1) is 17.6. The lowest BCUT2D eigenvalue weighted by Crippen LogP contribution is -2.13. The summed E-state index contributed by atoms with van der Waals surface area (Å²) in [5.74, 6) is -0.00168. The van der Waals surface area contributed by atoms with Crippen LogP contribution in [-0.4, -0.2) is 18.9 Å². The third-order valence-corrected chi connectivity index (χ3v) is 3.31. The molecule has 0 saturated carbocycles. The Morgan fingerprint density at radius 1 is 1.08 bits per heavy atom. The fourth-order valence-electron chi connectivity index (χ4n) is 2.01. The number of benzene rings is 2. The molecular formula is C18H17ClN2O3. The van der Waals surface area contributed by atoms with Crippen LogP contribution in [0.3, 0.4) is 0 Å². The lowest BCUT2D eigenvalue weighted by Gasteiger charge is -2.12. The van der Waals surface area contributed by atoms with Crippen LogP contribution < -0.4 is 15.4 Å². The first-order valence-corrected chi connectivity index (χ1v) is 7.56. The van der Waals surface area contributed by atoms with E-state index in [-0.39, 0.29) is 11.8 Å². The van der Waals surface area contributed by atoms with Gasteiger partial charge in [0.15, 0.2) is 0 Å². The highest BCUT2D eigenvalue weighted by Crippen LogP contribution is 2.27. The van der Waals surface area contributed by atoms with Crippen molar-refractivity contribution in [1.82, 2.24) is 0 Å². The highest BCUT2D eigenvalue weighted by atomic mass is 35.5. The maximum atomic E-state index is 12.1. The molecule has 0 fully saturated rings. The molecule has 0 aliphatic carbocycles. The van der Waals surface area contributed by atoms with Crippen molar-refractivity contribution in [2.24, 2.45) is 0 Å². The van der Waals surface area contributed by atoms with E-state index in [1.54, 1.807) is 42.5 Å². The summed E-state index contributed by atoms with van der Waals surface area (Å²) in [5.41, 5.74) is 1.75. The number of rotatable bonds is 5. The summed E-state index contributed by atoms with van der Waals surface area (Å²) in [4.78, 5) is 23.4. The molecule has 0 atom stereocenters. The first-order chi connectivity index (χ1) is 11.5. The van der Waals surface area contributed by atoms with Crippen LogP contribution in [-0.2, 0) is 9.59 Å². The van der Waals surface area contributed by atoms with Crippen LogP contribution in [0, 0.1) is 0 Å². The van der Waals surface area contributed by atoms with Gasteiger partial charge in [-0.05, 0) is 35.9 Å². The lowest BCUT2D eigenvalue weighted by molar-refractivity contribution is -0.114. The van der Waals surface area contributed by atoms with Crippen molar-refractivity contribution >= 4 is 40.9 Å². The van der Waals surface area contributed by atoms with E-state index in [2.05, 4.69) is 10.6 Å². The van der Waals surface area contributed by atoms with Gasteiger partial charge in [-0.2, -0.15) is 0 Å². The van der Waals surface area contributed by atoms with Crippen molar-refractivity contribution in [1.29, 1.82) is 0 Å². The maximum absolute atomic E-state index is 12.1. The van der Waals surface area contributed by atoms with Gasteiger partial charge in [-0.15, -0.1) is 0 Å². The van der Waals surface area contributed by atoms with Crippen LogP contribution >= 0.6 is 11.6 Å². The number of carbonyl (C=O) groups is 2. The molecule has 2 aromatic rings. The second-order valence-corrected chi connectivity index (χ2v) is 5.41. The third kappa shape index (κ3) is 5.14. The SMILES string of the molecule is COc1ccc(NC(C)=O)c(NC(=O)/C=C/c2cccc(Cl)c2)c1. The van der Waals surface area contributed by atoms with E-state index < -0.39 is 0 Å². The molecule has 0 aliphatic rings. The molecule has 0 aromatic heterocycles. The topological polar surface area (TPSA) is 67.4 Å². The van der Waals surface area contributed by atoms with E-state index in [4.69, 9.17) is 16.3 Å². The second kappa shape index (κ2) is 8.17. The first-order valence-electron chi connectivity index (χ1n) is 7.18. The van der Waals surface area contributed by atoms with E-state index in [0.717, 1.165) is 5.56 Å². The van der Waals surface area contributed by atoms with Gasteiger partial charge in [0.25, 0.3) is 0 Å². The molecular weight excluding hydrogens is 328 g/mol. The van der Waals surface area contributed by atoms with Crippen molar-refractivity contribution < 1.29 is 14.3 Å². The molecule has 0 heterocycles. The maximum Gasteiger partial charge on any atom is 0.248 e. The van der Waals surface area contributed by atoms with Gasteiger partial charge in [0.2, 0.25) is 11.8 Å². The fourth-order valence-corrected chi connectivity index (χ4v) is 2.21. The Labute approximate surface area is 145 Å². The van der Waals surface area contributed by atoms with Crippen molar-refractivity contribution in [3.63, 3.8) is 0 Å². The molecule has 5 nitrogen and oxygen atoms in total. The van der Waals surface area contributed by atoms with Gasteiger partial charge in [0, 0.05) is 24.1 Å². The minimum Gasteiger partial charge on any atom is -0.497 e. The second-order valence-electron chi connectivity index (χ2n) is 4.97. The van der Waals surface area contributed by atoms with Gasteiger partial charge >= 0.3 is 0 Å². The number of carbonyl (C=O) groups excluding carboxylic acids is 2. The van der Waals surface area contributed by atoms with Crippen LogP contribution in [0.2, 0.25) is 5.02 Å². The number of hydrogen-bond donors (Lipinski definition) is 2. The van der Waals surface area contributed by atoms with Crippen LogP contribution in [0.25, 0.3) is 6.08 Å². The van der Waals surface area contributed by atoms with Gasteiger partial charge < -0.3 is 15.4 Å². The van der Waals surface area contributed by atoms with E-state index in [1.165, 1.54) is 20.1 Å². The lowest BCUT2D eigenvalue weighted by atomic mass is 10.2. The molecule has 2 rings (SSSR count). The normalized spacial score (nSPS) is 10.5. The molecule has 2 aromatic carbocycles. The predicted molar refractivity (Wildman–Crippen MR) is 96.4 cm³/mol. The Kier molecular flexibility index (Phi) is 5.98. The van der Waals surface area contributed by atoms with Crippen molar-refractivity contribution in [2.75, 3.05) is 17.7 Å². The number of hydrogen-bond acceptors (Lipinski definition) is 3. The van der Waals surface area contributed by atoms with E-state index >= 15 is 0 Å². The molecule has 6 heteroatoms. The summed E-state index contributed by atoms with van der Waals surface area (Å²) in [6, 6.07) is 12.1. The van der Waals surface area contributed by atoms with E-state index in [0.29, 0.717) is 22.1 Å². The smallest absolute Gasteiger partial charge is 0.248 e. The number of halogens is 1. The predicted octanol–water partition coefficient (Wildman–Crippen LogP) is 3.96. The van der Waals surface area contributed by atoms with Crippen LogP contribution in [0.1, 0.15) is 12.5 Å². The van der Waals surface area contributed by atoms with E-state index in [9.17, 15) is 9.59 Å². The minimum atomic E-state index is -0.338. The van der Waals surface area contributed by atoms with Crippen molar-refractivity contribution in [3.8, 4) is 5.75 Å². The monoisotopic (exact) mass is 344 g/mol. The largest absolute Gasteiger partial charge is 0.497 e. The number of nitrogens with one attached hydrogen (secondary N) is 2. The Bertz CT molecular complexity index is 788. The van der Waals surface area contributed by atoms with Crippen LogP contribution in [0.5, 0.6) is 5.75 Å². The molecule has 0 radical (unpaired) electrons. The summed E-state index contributed by atoms with van der Waals surface area (Å²) in [6.07, 6.45) is 3.04. The molecule has 2 N–H and O–H groups in total. The summed E-state index contributed by atoms with van der Waals surface area (Å²) < 4.78 is 5.14. The molecule has 2 amide bonds. The molecule has 24 heavy (non-hydrogen) atoms. The number of anilines is 2. The highest BCUT2D eigenvalue weighted by Gasteiger charge is 2.08. The Morgan fingerprint density at radius 3 is 2.54 bits per heavy atom. The summed E-state index contributed by atoms with van der Waals surface area (Å²) >= 11 is 5.90. The summed E-state index contributed by atoms with van der Waals surface area (Å²) in [7, 11) is 1.53. The molecule has 0 bridgehead atoms. The van der Waals surface area contributed by atoms with Crippen molar-refractivity contribution in [2.45, 2.75) is 6.92 Å². The Balaban J connectivity index is 2.16. The highest BCUT2D eigenvalue weighted by molar-refractivity contribution is 6.30. The molecule has 0 aliphatic heterocycles. The van der Waals surface area contributed by atoms with E-state index in [1.807, 2.05) is 6.07 Å². The number of amides is 2. The average Bonchev–Trinajstić information content (AvgIpc) is 2.54. The quantitative estimate of drug-likeness (QED) is 0.807. The number of ether oxygens (including phenoxy) is 1. The fraction of sp³-hybridized carbons (Fsp3) is 0.111. The van der Waals surface area contributed by atoms with Gasteiger partial charge in [-0.3, -0.25) is 9.59 Å². The molecule has 124 valence electrons. The zero-order valence-electron chi connectivity index (χ0n) is 13.3. The molecule has 0 unspecified atom stereocenters. The van der Waals surface area contributed by atoms with Crippen LogP contribution in [0.15, 0.2) is 48.5 Å². The van der Waals surface area contributed by atoms with Crippen LogP contribution in [0.4, 0.5) is 11.4 Å². The molecule has 0 saturated heterocycles. The summed E-state index contributed by atoms with van der Waals surface area (Å²) in [5, 5.41) is 5.98. The Morgan fingerprint density at radius 2 is 1.88 bits per heavy atom. The minimum absolute atomic E-state index is 0.231. The number of methoxy groups -OCH3 is 1. The summed E-state index contributed by atoms with van der Waals surface area (Å²) in [6.45, 7) is 1.40. The average molecular weight is 345 g/mol. The van der Waals surface area contributed by atoms with Crippen molar-refractivity contribution in [3.05, 3.63) is 59.1 Å². The molecule has 0 spiro atoms. The van der Waals surface area contributed by atoms with Gasteiger partial charge in [0.1, 0.15) is 5.75 Å². The zero-order valence-corrected chi connectivity index (χ0v) is 14.1.